The average molecular weight is 293 g/mol. The summed E-state index contributed by atoms with van der Waals surface area (Å²) < 4.78 is 41.1. The molecule has 1 unspecified atom stereocenters. The smallest absolute Gasteiger partial charge is 0.441 e. The maximum absolute atomic E-state index is 11.9. The van der Waals surface area contributed by atoms with Gasteiger partial charge in [0.15, 0.2) is 0 Å². The molecular formula is C13H18F3NOS. The predicted molar refractivity (Wildman–Crippen MR) is 72.7 cm³/mol. The third-order valence-corrected chi connectivity index (χ3v) is 3.31. The number of hydrogen-bond donors (Lipinski definition) is 1. The van der Waals surface area contributed by atoms with Crippen molar-refractivity contribution < 1.29 is 17.9 Å². The highest BCUT2D eigenvalue weighted by Gasteiger charge is 2.27. The van der Waals surface area contributed by atoms with E-state index in [1.54, 1.807) is 7.11 Å². The second kappa shape index (κ2) is 7.65. The van der Waals surface area contributed by atoms with Crippen molar-refractivity contribution in [3.63, 3.8) is 0 Å². The molecule has 19 heavy (non-hydrogen) atoms. The highest BCUT2D eigenvalue weighted by Crippen LogP contribution is 2.29. The molecule has 0 aliphatic carbocycles. The SMILES string of the molecule is COc1ccccc1CC(C)NCCSC(F)(F)F. The van der Waals surface area contributed by atoms with Crippen LogP contribution in [-0.2, 0) is 6.42 Å². The first kappa shape index (κ1) is 16.2. The maximum Gasteiger partial charge on any atom is 0.441 e. The Morgan fingerprint density at radius 2 is 2.00 bits per heavy atom. The van der Waals surface area contributed by atoms with Crippen LogP contribution in [0.15, 0.2) is 24.3 Å². The average Bonchev–Trinajstić information content (AvgIpc) is 2.34. The molecule has 0 aliphatic rings. The lowest BCUT2D eigenvalue weighted by Gasteiger charge is -2.16. The molecular weight excluding hydrogens is 275 g/mol. The van der Waals surface area contributed by atoms with Crippen LogP contribution in [0.25, 0.3) is 0 Å². The lowest BCUT2D eigenvalue weighted by molar-refractivity contribution is -0.0327. The van der Waals surface area contributed by atoms with Gasteiger partial charge in [0, 0.05) is 18.3 Å². The van der Waals surface area contributed by atoms with Gasteiger partial charge < -0.3 is 10.1 Å². The van der Waals surface area contributed by atoms with Crippen LogP contribution in [-0.4, -0.2) is 31.0 Å². The Morgan fingerprint density at radius 3 is 2.63 bits per heavy atom. The molecule has 1 rings (SSSR count). The standard InChI is InChI=1S/C13H18F3NOS/c1-10(17-7-8-19-13(14,15)16)9-11-5-3-4-6-12(11)18-2/h3-6,10,17H,7-9H2,1-2H3. The number of nitrogens with one attached hydrogen (secondary N) is 1. The van der Waals surface area contributed by atoms with E-state index in [1.165, 1.54) is 0 Å². The zero-order valence-corrected chi connectivity index (χ0v) is 11.8. The predicted octanol–water partition coefficient (Wildman–Crippen LogP) is 3.47. The Hall–Kier alpha value is -0.880. The number of halogens is 3. The van der Waals surface area contributed by atoms with Gasteiger partial charge in [-0.3, -0.25) is 0 Å². The summed E-state index contributed by atoms with van der Waals surface area (Å²) in [5.74, 6) is 0.834. The van der Waals surface area contributed by atoms with Crippen molar-refractivity contribution in [3.05, 3.63) is 29.8 Å². The highest BCUT2D eigenvalue weighted by molar-refractivity contribution is 8.00. The summed E-state index contributed by atoms with van der Waals surface area (Å²) in [7, 11) is 1.61. The van der Waals surface area contributed by atoms with E-state index in [4.69, 9.17) is 4.74 Å². The topological polar surface area (TPSA) is 21.3 Å². The summed E-state index contributed by atoms with van der Waals surface area (Å²) in [5, 5.41) is 3.08. The Bertz CT molecular complexity index is 384. The molecule has 0 spiro atoms. The number of para-hydroxylation sites is 1. The van der Waals surface area contributed by atoms with Crippen molar-refractivity contribution in [2.45, 2.75) is 24.9 Å². The van der Waals surface area contributed by atoms with Gasteiger partial charge in [-0.1, -0.05) is 18.2 Å². The number of rotatable bonds is 7. The highest BCUT2D eigenvalue weighted by atomic mass is 32.2. The zero-order valence-electron chi connectivity index (χ0n) is 11.0. The minimum Gasteiger partial charge on any atom is -0.496 e. The summed E-state index contributed by atoms with van der Waals surface area (Å²) in [6, 6.07) is 7.75. The summed E-state index contributed by atoms with van der Waals surface area (Å²) in [6.07, 6.45) is 0.723. The Morgan fingerprint density at radius 1 is 1.32 bits per heavy atom. The molecule has 0 amide bonds. The molecule has 0 fully saturated rings. The molecule has 1 N–H and O–H groups in total. The van der Waals surface area contributed by atoms with Crippen molar-refractivity contribution >= 4 is 11.8 Å². The molecule has 1 atom stereocenters. The van der Waals surface area contributed by atoms with E-state index in [2.05, 4.69) is 5.32 Å². The van der Waals surface area contributed by atoms with Gasteiger partial charge in [0.2, 0.25) is 0 Å². The first-order valence-corrected chi connectivity index (χ1v) is 6.97. The maximum atomic E-state index is 11.9. The van der Waals surface area contributed by atoms with E-state index in [1.807, 2.05) is 31.2 Å². The van der Waals surface area contributed by atoms with Crippen molar-refractivity contribution in [1.82, 2.24) is 5.32 Å². The van der Waals surface area contributed by atoms with E-state index in [-0.39, 0.29) is 23.6 Å². The van der Waals surface area contributed by atoms with Crippen molar-refractivity contribution in [3.8, 4) is 5.75 Å². The van der Waals surface area contributed by atoms with Gasteiger partial charge in [-0.05, 0) is 36.7 Å². The summed E-state index contributed by atoms with van der Waals surface area (Å²) >= 11 is 0.00232. The van der Waals surface area contributed by atoms with Crippen LogP contribution in [0.5, 0.6) is 5.75 Å². The van der Waals surface area contributed by atoms with Crippen LogP contribution in [0, 0.1) is 0 Å². The molecule has 108 valence electrons. The number of alkyl halides is 3. The fourth-order valence-corrected chi connectivity index (χ4v) is 2.20. The molecule has 0 heterocycles. The van der Waals surface area contributed by atoms with Gasteiger partial charge in [-0.2, -0.15) is 13.2 Å². The third-order valence-electron chi connectivity index (χ3n) is 2.58. The molecule has 0 bridgehead atoms. The number of thioether (sulfide) groups is 1. The minimum absolute atomic E-state index is 0.00232. The second-order valence-electron chi connectivity index (χ2n) is 4.17. The molecule has 2 nitrogen and oxygen atoms in total. The monoisotopic (exact) mass is 293 g/mol. The molecule has 0 saturated heterocycles. The van der Waals surface area contributed by atoms with E-state index in [0.29, 0.717) is 6.54 Å². The van der Waals surface area contributed by atoms with Gasteiger partial charge in [0.05, 0.1) is 7.11 Å². The quantitative estimate of drug-likeness (QED) is 0.778. The minimum atomic E-state index is -4.15. The van der Waals surface area contributed by atoms with Crippen LogP contribution >= 0.6 is 11.8 Å². The van der Waals surface area contributed by atoms with Gasteiger partial charge in [0.25, 0.3) is 0 Å². The molecule has 0 radical (unpaired) electrons. The first-order valence-electron chi connectivity index (χ1n) is 5.98. The van der Waals surface area contributed by atoms with E-state index in [9.17, 15) is 13.2 Å². The molecule has 1 aromatic rings. The van der Waals surface area contributed by atoms with Gasteiger partial charge >= 0.3 is 5.51 Å². The molecule has 0 aromatic heterocycles. The lowest BCUT2D eigenvalue weighted by atomic mass is 10.1. The normalized spacial score (nSPS) is 13.3. The second-order valence-corrected chi connectivity index (χ2v) is 5.33. The summed E-state index contributed by atoms with van der Waals surface area (Å²) in [6.45, 7) is 2.28. The fourth-order valence-electron chi connectivity index (χ4n) is 1.75. The molecule has 0 saturated carbocycles. The van der Waals surface area contributed by atoms with Gasteiger partial charge in [0.1, 0.15) is 5.75 Å². The summed E-state index contributed by atoms with van der Waals surface area (Å²) in [4.78, 5) is 0. The largest absolute Gasteiger partial charge is 0.496 e. The number of ether oxygens (including phenoxy) is 1. The van der Waals surface area contributed by atoms with Crippen molar-refractivity contribution in [2.24, 2.45) is 0 Å². The molecule has 0 aliphatic heterocycles. The summed E-state index contributed by atoms with van der Waals surface area (Å²) in [5.41, 5.74) is -3.10. The van der Waals surface area contributed by atoms with Crippen LogP contribution in [0.4, 0.5) is 13.2 Å². The fraction of sp³-hybridized carbons (Fsp3) is 0.538. The lowest BCUT2D eigenvalue weighted by Crippen LogP contribution is -2.30. The van der Waals surface area contributed by atoms with Crippen LogP contribution in [0.3, 0.4) is 0 Å². The molecule has 1 aromatic carbocycles. The van der Waals surface area contributed by atoms with Gasteiger partial charge in [-0.25, -0.2) is 0 Å². The number of methoxy groups -OCH3 is 1. The van der Waals surface area contributed by atoms with Crippen LogP contribution in [0.2, 0.25) is 0 Å². The Balaban J connectivity index is 2.33. The Labute approximate surface area is 115 Å². The van der Waals surface area contributed by atoms with Crippen LogP contribution in [0.1, 0.15) is 12.5 Å². The number of hydrogen-bond acceptors (Lipinski definition) is 3. The van der Waals surface area contributed by atoms with E-state index < -0.39 is 5.51 Å². The zero-order chi connectivity index (χ0) is 14.3. The first-order chi connectivity index (χ1) is 8.92. The molecule has 6 heteroatoms. The van der Waals surface area contributed by atoms with Crippen molar-refractivity contribution in [1.29, 1.82) is 0 Å². The third kappa shape index (κ3) is 6.73. The van der Waals surface area contributed by atoms with E-state index in [0.717, 1.165) is 17.7 Å². The van der Waals surface area contributed by atoms with Crippen LogP contribution < -0.4 is 10.1 Å². The Kier molecular flexibility index (Phi) is 6.51. The number of benzene rings is 1. The van der Waals surface area contributed by atoms with E-state index >= 15 is 0 Å². The van der Waals surface area contributed by atoms with Crippen molar-refractivity contribution in [2.75, 3.05) is 19.4 Å². The van der Waals surface area contributed by atoms with Gasteiger partial charge in [-0.15, -0.1) is 0 Å².